The summed E-state index contributed by atoms with van der Waals surface area (Å²) in [7, 11) is 0. The monoisotopic (exact) mass is 417 g/mol. The van der Waals surface area contributed by atoms with Crippen LogP contribution in [-0.4, -0.2) is 11.9 Å². The maximum atomic E-state index is 13.1. The number of hydrogen-bond donors (Lipinski definition) is 3. The van der Waals surface area contributed by atoms with Crippen molar-refractivity contribution in [3.8, 4) is 0 Å². The number of amides is 3. The predicted molar refractivity (Wildman–Crippen MR) is 119 cm³/mol. The van der Waals surface area contributed by atoms with Gasteiger partial charge in [0.25, 0.3) is 0 Å². The number of anilines is 2. The second kappa shape index (κ2) is 9.00. The van der Waals surface area contributed by atoms with Crippen LogP contribution in [0.2, 0.25) is 0 Å². The summed E-state index contributed by atoms with van der Waals surface area (Å²) in [6.07, 6.45) is 0.781. The van der Waals surface area contributed by atoms with Crippen LogP contribution in [0.15, 0.2) is 78.9 Å². The van der Waals surface area contributed by atoms with Crippen molar-refractivity contribution >= 4 is 23.3 Å². The number of hydrogen-bond acceptors (Lipinski definition) is 2. The van der Waals surface area contributed by atoms with Crippen molar-refractivity contribution in [3.63, 3.8) is 0 Å². The van der Waals surface area contributed by atoms with Crippen molar-refractivity contribution in [1.29, 1.82) is 0 Å². The van der Waals surface area contributed by atoms with Gasteiger partial charge in [-0.1, -0.05) is 42.5 Å². The standard InChI is InChI=1S/C25H24FN3O2/c1-16(27-24(30)23-15-22(23)18-7-11-19(26)12-8-18)17-9-13-21(14-10-17)29-25(31)28-20-5-3-2-4-6-20/h2-14,16,22-23H,15H2,1H3,(H,27,30)(H2,28,29,31). The van der Waals surface area contributed by atoms with Gasteiger partial charge in [0.05, 0.1) is 6.04 Å². The minimum Gasteiger partial charge on any atom is -0.349 e. The number of carbonyl (C=O) groups excluding carboxylic acids is 2. The van der Waals surface area contributed by atoms with Gasteiger partial charge in [-0.15, -0.1) is 0 Å². The lowest BCUT2D eigenvalue weighted by molar-refractivity contribution is -0.123. The van der Waals surface area contributed by atoms with Crippen LogP contribution >= 0.6 is 0 Å². The van der Waals surface area contributed by atoms with Crippen LogP contribution in [0.1, 0.15) is 36.4 Å². The molecule has 3 atom stereocenters. The van der Waals surface area contributed by atoms with Crippen molar-refractivity contribution in [1.82, 2.24) is 5.32 Å². The first-order chi connectivity index (χ1) is 15.0. The Kier molecular flexibility index (Phi) is 5.98. The Morgan fingerprint density at radius 1 is 0.871 bits per heavy atom. The number of para-hydroxylation sites is 1. The molecule has 1 fully saturated rings. The normalized spacial score (nSPS) is 18.0. The van der Waals surface area contributed by atoms with E-state index in [2.05, 4.69) is 16.0 Å². The molecule has 1 saturated carbocycles. The van der Waals surface area contributed by atoms with E-state index in [-0.39, 0.29) is 35.6 Å². The van der Waals surface area contributed by atoms with E-state index < -0.39 is 0 Å². The molecule has 1 aliphatic carbocycles. The first-order valence-corrected chi connectivity index (χ1v) is 10.3. The first kappa shape index (κ1) is 20.6. The smallest absolute Gasteiger partial charge is 0.323 e. The van der Waals surface area contributed by atoms with Crippen LogP contribution in [0.5, 0.6) is 0 Å². The number of rotatable bonds is 6. The average molecular weight is 417 g/mol. The Labute approximate surface area is 180 Å². The molecule has 31 heavy (non-hydrogen) atoms. The summed E-state index contributed by atoms with van der Waals surface area (Å²) in [5.41, 5.74) is 3.32. The number of carbonyl (C=O) groups is 2. The zero-order chi connectivity index (χ0) is 21.8. The molecule has 3 amide bonds. The van der Waals surface area contributed by atoms with Gasteiger partial charge in [0, 0.05) is 17.3 Å². The summed E-state index contributed by atoms with van der Waals surface area (Å²) in [5, 5.41) is 8.60. The summed E-state index contributed by atoms with van der Waals surface area (Å²) in [6.45, 7) is 1.93. The average Bonchev–Trinajstić information content (AvgIpc) is 3.56. The molecule has 6 heteroatoms. The Morgan fingerprint density at radius 3 is 2.13 bits per heavy atom. The molecule has 3 aromatic carbocycles. The van der Waals surface area contributed by atoms with Gasteiger partial charge in [0.2, 0.25) is 5.91 Å². The van der Waals surface area contributed by atoms with Crippen molar-refractivity contribution in [2.45, 2.75) is 25.3 Å². The van der Waals surface area contributed by atoms with Crippen LogP contribution in [0.3, 0.4) is 0 Å². The van der Waals surface area contributed by atoms with E-state index >= 15 is 0 Å². The lowest BCUT2D eigenvalue weighted by Gasteiger charge is -2.15. The minimum absolute atomic E-state index is 0.00580. The molecule has 3 N–H and O–H groups in total. The summed E-state index contributed by atoms with van der Waals surface area (Å²) in [6, 6.07) is 22.5. The van der Waals surface area contributed by atoms with Gasteiger partial charge in [0.15, 0.2) is 0 Å². The highest BCUT2D eigenvalue weighted by Crippen LogP contribution is 2.47. The molecular weight excluding hydrogens is 393 g/mol. The summed E-state index contributed by atoms with van der Waals surface area (Å²) >= 11 is 0. The summed E-state index contributed by atoms with van der Waals surface area (Å²) in [5.74, 6) is -0.182. The third kappa shape index (κ3) is 5.28. The first-order valence-electron chi connectivity index (χ1n) is 10.3. The van der Waals surface area contributed by atoms with E-state index in [1.807, 2.05) is 49.4 Å². The van der Waals surface area contributed by atoms with E-state index in [1.165, 1.54) is 12.1 Å². The molecule has 3 aromatic rings. The predicted octanol–water partition coefficient (Wildman–Crippen LogP) is 5.45. The molecule has 5 nitrogen and oxygen atoms in total. The number of halogens is 1. The maximum Gasteiger partial charge on any atom is 0.323 e. The fourth-order valence-electron chi connectivity index (χ4n) is 3.64. The SMILES string of the molecule is CC(NC(=O)C1CC1c1ccc(F)cc1)c1ccc(NC(=O)Nc2ccccc2)cc1. The zero-order valence-electron chi connectivity index (χ0n) is 17.1. The highest BCUT2D eigenvalue weighted by molar-refractivity contribution is 5.99. The Hall–Kier alpha value is -3.67. The van der Waals surface area contributed by atoms with Crippen LogP contribution in [0, 0.1) is 11.7 Å². The fraction of sp³-hybridized carbons (Fsp3) is 0.200. The maximum absolute atomic E-state index is 13.1. The molecule has 0 spiro atoms. The van der Waals surface area contributed by atoms with Gasteiger partial charge in [-0.25, -0.2) is 9.18 Å². The summed E-state index contributed by atoms with van der Waals surface area (Å²) < 4.78 is 13.1. The van der Waals surface area contributed by atoms with E-state index in [0.29, 0.717) is 11.4 Å². The van der Waals surface area contributed by atoms with E-state index in [4.69, 9.17) is 0 Å². The number of nitrogens with one attached hydrogen (secondary N) is 3. The molecule has 0 radical (unpaired) electrons. The molecule has 0 aromatic heterocycles. The molecule has 1 aliphatic rings. The Balaban J connectivity index is 1.28. The van der Waals surface area contributed by atoms with Crippen LogP contribution < -0.4 is 16.0 Å². The van der Waals surface area contributed by atoms with Crippen molar-refractivity contribution in [3.05, 3.63) is 95.8 Å². The highest BCUT2D eigenvalue weighted by Gasteiger charge is 2.44. The van der Waals surface area contributed by atoms with Gasteiger partial charge in [0.1, 0.15) is 5.82 Å². The van der Waals surface area contributed by atoms with E-state index in [1.54, 1.807) is 24.3 Å². The van der Waals surface area contributed by atoms with E-state index in [0.717, 1.165) is 17.5 Å². The van der Waals surface area contributed by atoms with Crippen LogP contribution in [-0.2, 0) is 4.79 Å². The molecule has 3 unspecified atom stereocenters. The molecule has 0 bridgehead atoms. The molecule has 0 heterocycles. The minimum atomic E-state index is -0.319. The number of urea groups is 1. The lowest BCUT2D eigenvalue weighted by atomic mass is 10.1. The molecule has 0 saturated heterocycles. The van der Waals surface area contributed by atoms with Gasteiger partial charge in [-0.05, 0) is 66.8 Å². The van der Waals surface area contributed by atoms with Gasteiger partial charge in [-0.2, -0.15) is 0 Å². The van der Waals surface area contributed by atoms with Crippen molar-refractivity contribution < 1.29 is 14.0 Å². The third-order valence-corrected chi connectivity index (χ3v) is 5.48. The van der Waals surface area contributed by atoms with Gasteiger partial charge >= 0.3 is 6.03 Å². The molecule has 158 valence electrons. The van der Waals surface area contributed by atoms with Crippen molar-refractivity contribution in [2.24, 2.45) is 5.92 Å². The third-order valence-electron chi connectivity index (χ3n) is 5.48. The Morgan fingerprint density at radius 2 is 1.48 bits per heavy atom. The van der Waals surface area contributed by atoms with Crippen LogP contribution in [0.25, 0.3) is 0 Å². The van der Waals surface area contributed by atoms with Gasteiger partial charge in [-0.3, -0.25) is 4.79 Å². The fourth-order valence-corrected chi connectivity index (χ4v) is 3.64. The van der Waals surface area contributed by atoms with Crippen molar-refractivity contribution in [2.75, 3.05) is 10.6 Å². The summed E-state index contributed by atoms with van der Waals surface area (Å²) in [4.78, 5) is 24.7. The molecular formula is C25H24FN3O2. The number of benzene rings is 3. The highest BCUT2D eigenvalue weighted by atomic mass is 19.1. The van der Waals surface area contributed by atoms with Gasteiger partial charge < -0.3 is 16.0 Å². The quantitative estimate of drug-likeness (QED) is 0.499. The second-order valence-corrected chi connectivity index (χ2v) is 7.80. The lowest BCUT2D eigenvalue weighted by Crippen LogP contribution is -2.28. The largest absolute Gasteiger partial charge is 0.349 e. The molecule has 4 rings (SSSR count). The molecule has 0 aliphatic heterocycles. The topological polar surface area (TPSA) is 70.2 Å². The zero-order valence-corrected chi connectivity index (χ0v) is 17.1. The van der Waals surface area contributed by atoms with Crippen LogP contribution in [0.4, 0.5) is 20.6 Å². The second-order valence-electron chi connectivity index (χ2n) is 7.80. The Bertz CT molecular complexity index is 1050. The van der Waals surface area contributed by atoms with E-state index in [9.17, 15) is 14.0 Å².